The van der Waals surface area contributed by atoms with Gasteiger partial charge in [0.05, 0.1) is 11.6 Å². The lowest BCUT2D eigenvalue weighted by molar-refractivity contribution is -0.128. The van der Waals surface area contributed by atoms with E-state index in [1.165, 1.54) is 25.7 Å². The molecule has 0 aromatic carbocycles. The van der Waals surface area contributed by atoms with E-state index in [4.69, 9.17) is 5.73 Å². The highest BCUT2D eigenvalue weighted by Gasteiger charge is 2.35. The molecule has 0 bridgehead atoms. The maximum absolute atomic E-state index is 12.2. The average molecular weight is 268 g/mol. The first-order valence-electron chi connectivity index (χ1n) is 7.87. The van der Waals surface area contributed by atoms with Crippen LogP contribution in [0.5, 0.6) is 0 Å². The molecule has 110 valence electrons. The lowest BCUT2D eigenvalue weighted by atomic mass is 9.81. The van der Waals surface area contributed by atoms with E-state index >= 15 is 0 Å². The van der Waals surface area contributed by atoms with E-state index < -0.39 is 11.6 Å². The number of hydrogen-bond donors (Lipinski definition) is 3. The first-order chi connectivity index (χ1) is 9.12. The summed E-state index contributed by atoms with van der Waals surface area (Å²) < 4.78 is 0. The average Bonchev–Trinajstić information content (AvgIpc) is 2.46. The van der Waals surface area contributed by atoms with Crippen molar-refractivity contribution in [3.8, 4) is 0 Å². The Morgan fingerprint density at radius 3 is 2.37 bits per heavy atom. The Bertz CT molecular complexity index is 295. The summed E-state index contributed by atoms with van der Waals surface area (Å²) in [6, 6.07) is 0. The maximum atomic E-state index is 12.2. The highest BCUT2D eigenvalue weighted by atomic mass is 16.3. The largest absolute Gasteiger partial charge is 0.391 e. The van der Waals surface area contributed by atoms with Gasteiger partial charge in [0.1, 0.15) is 0 Å². The van der Waals surface area contributed by atoms with Crippen LogP contribution in [-0.4, -0.2) is 29.2 Å². The Hall–Kier alpha value is -0.610. The SMILES string of the molecule is NC1(C(=O)NCC(O)C2CCCCC2)CCCCC1. The molecule has 2 saturated carbocycles. The molecule has 0 heterocycles. The lowest BCUT2D eigenvalue weighted by Gasteiger charge is -2.33. The van der Waals surface area contributed by atoms with Crippen molar-refractivity contribution < 1.29 is 9.90 Å². The number of carbonyl (C=O) groups excluding carboxylic acids is 1. The summed E-state index contributed by atoms with van der Waals surface area (Å²) in [4.78, 5) is 12.2. The van der Waals surface area contributed by atoms with E-state index in [2.05, 4.69) is 5.32 Å². The zero-order valence-electron chi connectivity index (χ0n) is 11.9. The van der Waals surface area contributed by atoms with E-state index in [0.29, 0.717) is 12.5 Å². The van der Waals surface area contributed by atoms with Gasteiger partial charge in [0.2, 0.25) is 5.91 Å². The molecule has 19 heavy (non-hydrogen) atoms. The molecule has 0 radical (unpaired) electrons. The van der Waals surface area contributed by atoms with Crippen LogP contribution in [0.3, 0.4) is 0 Å². The Kier molecular flexibility index (Phi) is 5.22. The van der Waals surface area contributed by atoms with Crippen LogP contribution >= 0.6 is 0 Å². The molecule has 0 saturated heterocycles. The standard InChI is InChI=1S/C15H28N2O2/c16-15(9-5-2-6-10-15)14(19)17-11-13(18)12-7-3-1-4-8-12/h12-13,18H,1-11,16H2,(H,17,19). The molecule has 4 heteroatoms. The van der Waals surface area contributed by atoms with Gasteiger partial charge >= 0.3 is 0 Å². The number of rotatable bonds is 4. The summed E-state index contributed by atoms with van der Waals surface area (Å²) in [6.07, 6.45) is 10.3. The zero-order valence-corrected chi connectivity index (χ0v) is 11.9. The van der Waals surface area contributed by atoms with Crippen molar-refractivity contribution in [2.75, 3.05) is 6.54 Å². The first kappa shape index (κ1) is 14.8. The van der Waals surface area contributed by atoms with Gasteiger partial charge in [0.15, 0.2) is 0 Å². The van der Waals surface area contributed by atoms with Crippen LogP contribution in [0.1, 0.15) is 64.2 Å². The number of amides is 1. The van der Waals surface area contributed by atoms with E-state index in [1.54, 1.807) is 0 Å². The minimum atomic E-state index is -0.690. The van der Waals surface area contributed by atoms with Gasteiger partial charge in [-0.05, 0) is 31.6 Å². The van der Waals surface area contributed by atoms with Crippen molar-refractivity contribution in [3.63, 3.8) is 0 Å². The summed E-state index contributed by atoms with van der Waals surface area (Å²) in [5.74, 6) is 0.288. The molecule has 2 rings (SSSR count). The molecule has 1 unspecified atom stereocenters. The minimum absolute atomic E-state index is 0.0675. The quantitative estimate of drug-likeness (QED) is 0.726. The van der Waals surface area contributed by atoms with E-state index in [1.807, 2.05) is 0 Å². The second kappa shape index (κ2) is 6.71. The third kappa shape index (κ3) is 3.93. The smallest absolute Gasteiger partial charge is 0.240 e. The van der Waals surface area contributed by atoms with Crippen LogP contribution in [0.25, 0.3) is 0 Å². The van der Waals surface area contributed by atoms with Crippen LogP contribution < -0.4 is 11.1 Å². The Morgan fingerprint density at radius 1 is 1.16 bits per heavy atom. The predicted molar refractivity (Wildman–Crippen MR) is 75.6 cm³/mol. The van der Waals surface area contributed by atoms with Crippen LogP contribution in [0, 0.1) is 5.92 Å². The molecule has 1 atom stereocenters. The molecule has 0 aliphatic heterocycles. The third-order valence-corrected chi connectivity index (χ3v) is 4.86. The number of carbonyl (C=O) groups is 1. The first-order valence-corrected chi connectivity index (χ1v) is 7.87. The fraction of sp³-hybridized carbons (Fsp3) is 0.933. The summed E-state index contributed by atoms with van der Waals surface area (Å²) in [5, 5.41) is 13.0. The number of aliphatic hydroxyl groups excluding tert-OH is 1. The molecule has 0 aromatic rings. The van der Waals surface area contributed by atoms with Crippen molar-refractivity contribution in [1.29, 1.82) is 0 Å². The second-order valence-electron chi connectivity index (χ2n) is 6.39. The van der Waals surface area contributed by atoms with Crippen molar-refractivity contribution in [2.24, 2.45) is 11.7 Å². The van der Waals surface area contributed by atoms with Gasteiger partial charge in [0.25, 0.3) is 0 Å². The van der Waals surface area contributed by atoms with E-state index in [-0.39, 0.29) is 5.91 Å². The Labute approximate surface area is 116 Å². The van der Waals surface area contributed by atoms with Gasteiger partial charge in [-0.1, -0.05) is 38.5 Å². The topological polar surface area (TPSA) is 75.4 Å². The van der Waals surface area contributed by atoms with E-state index in [0.717, 1.165) is 38.5 Å². The number of hydrogen-bond acceptors (Lipinski definition) is 3. The van der Waals surface area contributed by atoms with Crippen molar-refractivity contribution in [1.82, 2.24) is 5.32 Å². The van der Waals surface area contributed by atoms with Crippen LogP contribution in [0.15, 0.2) is 0 Å². The summed E-state index contributed by atoms with van der Waals surface area (Å²) >= 11 is 0. The van der Waals surface area contributed by atoms with Gasteiger partial charge < -0.3 is 16.2 Å². The number of aliphatic hydroxyl groups is 1. The molecule has 1 amide bonds. The highest BCUT2D eigenvalue weighted by molar-refractivity contribution is 5.86. The number of nitrogens with one attached hydrogen (secondary N) is 1. The molecule has 0 spiro atoms. The molecular weight excluding hydrogens is 240 g/mol. The summed E-state index contributed by atoms with van der Waals surface area (Å²) in [6.45, 7) is 0.364. The van der Waals surface area contributed by atoms with Crippen molar-refractivity contribution in [2.45, 2.75) is 75.9 Å². The zero-order chi connectivity index (χ0) is 13.7. The Balaban J connectivity index is 1.75. The normalized spacial score (nSPS) is 25.8. The monoisotopic (exact) mass is 268 g/mol. The van der Waals surface area contributed by atoms with E-state index in [9.17, 15) is 9.90 Å². The molecule has 2 aliphatic rings. The molecule has 4 N–H and O–H groups in total. The lowest BCUT2D eigenvalue weighted by Crippen LogP contribution is -2.56. The van der Waals surface area contributed by atoms with Crippen molar-refractivity contribution in [3.05, 3.63) is 0 Å². The maximum Gasteiger partial charge on any atom is 0.240 e. The minimum Gasteiger partial charge on any atom is -0.391 e. The Morgan fingerprint density at radius 2 is 1.74 bits per heavy atom. The summed E-state index contributed by atoms with van der Waals surface area (Å²) in [7, 11) is 0. The van der Waals surface area contributed by atoms with Gasteiger partial charge in [-0.15, -0.1) is 0 Å². The third-order valence-electron chi connectivity index (χ3n) is 4.86. The molecule has 2 fully saturated rings. The van der Waals surface area contributed by atoms with Crippen LogP contribution in [-0.2, 0) is 4.79 Å². The van der Waals surface area contributed by atoms with Crippen LogP contribution in [0.2, 0.25) is 0 Å². The molecular formula is C15H28N2O2. The van der Waals surface area contributed by atoms with Gasteiger partial charge in [-0.25, -0.2) is 0 Å². The fourth-order valence-corrected chi connectivity index (χ4v) is 3.47. The summed E-state index contributed by atoms with van der Waals surface area (Å²) in [5.41, 5.74) is 5.48. The van der Waals surface area contributed by atoms with Crippen molar-refractivity contribution >= 4 is 5.91 Å². The molecule has 0 aromatic heterocycles. The molecule has 2 aliphatic carbocycles. The second-order valence-corrected chi connectivity index (χ2v) is 6.39. The fourth-order valence-electron chi connectivity index (χ4n) is 3.47. The van der Waals surface area contributed by atoms with Gasteiger partial charge in [-0.2, -0.15) is 0 Å². The number of nitrogens with two attached hydrogens (primary N) is 1. The molecule has 4 nitrogen and oxygen atoms in total. The highest BCUT2D eigenvalue weighted by Crippen LogP contribution is 2.27. The predicted octanol–water partition coefficient (Wildman–Crippen LogP) is 1.71. The van der Waals surface area contributed by atoms with Gasteiger partial charge in [-0.3, -0.25) is 4.79 Å². The van der Waals surface area contributed by atoms with Crippen LogP contribution in [0.4, 0.5) is 0 Å². The van der Waals surface area contributed by atoms with Gasteiger partial charge in [0, 0.05) is 6.54 Å².